The number of ether oxygens (including phenoxy) is 1. The van der Waals surface area contributed by atoms with Gasteiger partial charge in [-0.2, -0.15) is 0 Å². The van der Waals surface area contributed by atoms with Gasteiger partial charge in [0.05, 0.1) is 6.61 Å². The number of benzene rings is 2. The molecule has 1 heterocycles. The predicted molar refractivity (Wildman–Crippen MR) is 73.1 cm³/mol. The number of aryl methyl sites for hydroxylation is 1. The van der Waals surface area contributed by atoms with Crippen molar-refractivity contribution in [2.45, 2.75) is 18.2 Å². The van der Waals surface area contributed by atoms with E-state index in [1.165, 1.54) is 22.3 Å². The lowest BCUT2D eigenvalue weighted by molar-refractivity contribution is 0.326. The van der Waals surface area contributed by atoms with Crippen LogP contribution >= 0.6 is 12.6 Å². The highest BCUT2D eigenvalue weighted by Crippen LogP contribution is 2.36. The van der Waals surface area contributed by atoms with E-state index in [0.29, 0.717) is 0 Å². The molecular weight excluding hydrogens is 228 g/mol. The Morgan fingerprint density at radius 1 is 1.06 bits per heavy atom. The van der Waals surface area contributed by atoms with Gasteiger partial charge in [-0.05, 0) is 41.8 Å². The molecule has 2 aromatic carbocycles. The Morgan fingerprint density at radius 2 is 1.88 bits per heavy atom. The molecule has 0 N–H and O–H groups in total. The van der Waals surface area contributed by atoms with Crippen LogP contribution in [0.5, 0.6) is 5.75 Å². The molecule has 0 saturated heterocycles. The van der Waals surface area contributed by atoms with Crippen LogP contribution in [-0.4, -0.2) is 6.61 Å². The zero-order chi connectivity index (χ0) is 11.8. The molecule has 0 aliphatic carbocycles. The maximum Gasteiger partial charge on any atom is 0.127 e. The van der Waals surface area contributed by atoms with Gasteiger partial charge in [0.15, 0.2) is 0 Å². The van der Waals surface area contributed by atoms with E-state index in [1.54, 1.807) is 0 Å². The first-order chi connectivity index (χ1) is 8.24. The number of fused-ring (bicyclic) bond motifs is 3. The Morgan fingerprint density at radius 3 is 2.76 bits per heavy atom. The van der Waals surface area contributed by atoms with Crippen molar-refractivity contribution in [3.63, 3.8) is 0 Å². The zero-order valence-electron chi connectivity index (χ0n) is 9.73. The van der Waals surface area contributed by atoms with Crippen LogP contribution in [0.2, 0.25) is 0 Å². The minimum absolute atomic E-state index is 0.737. The Balaban J connectivity index is 2.24. The second-order valence-electron chi connectivity index (χ2n) is 4.44. The summed E-state index contributed by atoms with van der Waals surface area (Å²) < 4.78 is 5.83. The van der Waals surface area contributed by atoms with Gasteiger partial charge in [-0.1, -0.05) is 18.2 Å². The molecule has 0 fully saturated rings. The Bertz CT molecular complexity index is 524. The van der Waals surface area contributed by atoms with E-state index in [0.717, 1.165) is 23.7 Å². The molecule has 3 rings (SSSR count). The average Bonchev–Trinajstić information content (AvgIpc) is 2.47. The standard InChI is InChI=1S/C15H14OS/c1-10-2-4-14-13-5-3-12(17)9-11(13)6-7-16-15(14)8-10/h2-5,8-9,17H,6-7H2,1H3. The monoisotopic (exact) mass is 242 g/mol. The first-order valence-electron chi connectivity index (χ1n) is 5.80. The summed E-state index contributed by atoms with van der Waals surface area (Å²) >= 11 is 4.40. The van der Waals surface area contributed by atoms with Crippen LogP contribution in [-0.2, 0) is 6.42 Å². The molecule has 0 unspecified atom stereocenters. The predicted octanol–water partition coefficient (Wildman–Crippen LogP) is 3.89. The van der Waals surface area contributed by atoms with Gasteiger partial charge in [0.2, 0.25) is 0 Å². The number of hydrogen-bond acceptors (Lipinski definition) is 2. The number of thiol groups is 1. The molecule has 0 saturated carbocycles. The number of hydrogen-bond donors (Lipinski definition) is 1. The van der Waals surface area contributed by atoms with Gasteiger partial charge in [-0.3, -0.25) is 0 Å². The molecule has 0 aromatic heterocycles. The second-order valence-corrected chi connectivity index (χ2v) is 4.96. The van der Waals surface area contributed by atoms with E-state index in [-0.39, 0.29) is 0 Å². The van der Waals surface area contributed by atoms with E-state index >= 15 is 0 Å². The van der Waals surface area contributed by atoms with Crippen LogP contribution in [0.1, 0.15) is 11.1 Å². The quantitative estimate of drug-likeness (QED) is 0.690. The molecular formula is C15H14OS. The fourth-order valence-corrected chi connectivity index (χ4v) is 2.52. The first kappa shape index (κ1) is 10.7. The third-order valence-electron chi connectivity index (χ3n) is 3.15. The lowest BCUT2D eigenvalue weighted by atomic mass is 9.97. The van der Waals surface area contributed by atoms with Crippen molar-refractivity contribution < 1.29 is 4.74 Å². The highest BCUT2D eigenvalue weighted by molar-refractivity contribution is 7.80. The van der Waals surface area contributed by atoms with Gasteiger partial charge >= 0.3 is 0 Å². The molecule has 0 radical (unpaired) electrons. The van der Waals surface area contributed by atoms with E-state index in [9.17, 15) is 0 Å². The SMILES string of the molecule is Cc1ccc2c(c1)OCCc1cc(S)ccc1-2. The summed E-state index contributed by atoms with van der Waals surface area (Å²) in [7, 11) is 0. The van der Waals surface area contributed by atoms with E-state index in [4.69, 9.17) is 4.74 Å². The molecule has 0 bridgehead atoms. The van der Waals surface area contributed by atoms with E-state index in [1.807, 2.05) is 6.07 Å². The number of rotatable bonds is 0. The van der Waals surface area contributed by atoms with Gasteiger partial charge in [-0.25, -0.2) is 0 Å². The molecule has 1 aliphatic rings. The molecule has 0 spiro atoms. The highest BCUT2D eigenvalue weighted by Gasteiger charge is 2.15. The van der Waals surface area contributed by atoms with Crippen LogP contribution in [0.25, 0.3) is 11.1 Å². The molecule has 0 amide bonds. The third kappa shape index (κ3) is 1.93. The van der Waals surface area contributed by atoms with Crippen molar-refractivity contribution in [3.8, 4) is 16.9 Å². The van der Waals surface area contributed by atoms with Gasteiger partial charge in [0.1, 0.15) is 5.75 Å². The topological polar surface area (TPSA) is 9.23 Å². The fourth-order valence-electron chi connectivity index (χ4n) is 2.29. The van der Waals surface area contributed by atoms with Gasteiger partial charge < -0.3 is 4.74 Å². The van der Waals surface area contributed by atoms with Crippen molar-refractivity contribution in [1.82, 2.24) is 0 Å². The summed E-state index contributed by atoms with van der Waals surface area (Å²) in [5.41, 5.74) is 5.02. The van der Waals surface area contributed by atoms with E-state index in [2.05, 4.69) is 49.9 Å². The summed E-state index contributed by atoms with van der Waals surface area (Å²) in [5, 5.41) is 0. The van der Waals surface area contributed by atoms with Crippen molar-refractivity contribution >= 4 is 12.6 Å². The summed E-state index contributed by atoms with van der Waals surface area (Å²) in [6.07, 6.45) is 0.942. The summed E-state index contributed by atoms with van der Waals surface area (Å²) in [4.78, 5) is 1.01. The summed E-state index contributed by atoms with van der Waals surface area (Å²) in [5.74, 6) is 0.996. The van der Waals surface area contributed by atoms with Crippen molar-refractivity contribution in [3.05, 3.63) is 47.5 Å². The molecule has 1 aliphatic heterocycles. The van der Waals surface area contributed by atoms with Crippen molar-refractivity contribution in [2.75, 3.05) is 6.61 Å². The molecule has 2 heteroatoms. The summed E-state index contributed by atoms with van der Waals surface area (Å²) in [6, 6.07) is 12.7. The average molecular weight is 242 g/mol. The third-order valence-corrected chi connectivity index (χ3v) is 3.42. The van der Waals surface area contributed by atoms with Gasteiger partial charge in [-0.15, -0.1) is 12.6 Å². The largest absolute Gasteiger partial charge is 0.493 e. The van der Waals surface area contributed by atoms with Crippen LogP contribution in [0.3, 0.4) is 0 Å². The lowest BCUT2D eigenvalue weighted by Crippen LogP contribution is -1.98. The van der Waals surface area contributed by atoms with Crippen LogP contribution in [0.15, 0.2) is 41.3 Å². The highest BCUT2D eigenvalue weighted by atomic mass is 32.1. The maximum absolute atomic E-state index is 5.83. The second kappa shape index (κ2) is 4.11. The van der Waals surface area contributed by atoms with E-state index < -0.39 is 0 Å². The Kier molecular flexibility index (Phi) is 2.60. The fraction of sp³-hybridized carbons (Fsp3) is 0.200. The van der Waals surface area contributed by atoms with Crippen LogP contribution in [0.4, 0.5) is 0 Å². The molecule has 17 heavy (non-hydrogen) atoms. The van der Waals surface area contributed by atoms with Gasteiger partial charge in [0, 0.05) is 16.9 Å². The minimum Gasteiger partial charge on any atom is -0.493 e. The smallest absolute Gasteiger partial charge is 0.127 e. The van der Waals surface area contributed by atoms with Crippen LogP contribution in [0, 0.1) is 6.92 Å². The van der Waals surface area contributed by atoms with Gasteiger partial charge in [0.25, 0.3) is 0 Å². The Labute approximate surface area is 107 Å². The molecule has 1 nitrogen and oxygen atoms in total. The minimum atomic E-state index is 0.737. The molecule has 86 valence electrons. The van der Waals surface area contributed by atoms with Crippen molar-refractivity contribution in [1.29, 1.82) is 0 Å². The Hall–Kier alpha value is -1.41. The lowest BCUT2D eigenvalue weighted by Gasteiger charge is -2.09. The van der Waals surface area contributed by atoms with Crippen LogP contribution < -0.4 is 4.74 Å². The first-order valence-corrected chi connectivity index (χ1v) is 6.24. The summed E-state index contributed by atoms with van der Waals surface area (Å²) in [6.45, 7) is 2.83. The zero-order valence-corrected chi connectivity index (χ0v) is 10.6. The molecule has 0 atom stereocenters. The van der Waals surface area contributed by atoms with Crippen molar-refractivity contribution in [2.24, 2.45) is 0 Å². The normalized spacial score (nSPS) is 13.3. The molecule has 2 aromatic rings. The maximum atomic E-state index is 5.83.